The van der Waals surface area contributed by atoms with E-state index in [0.29, 0.717) is 30.8 Å². The summed E-state index contributed by atoms with van der Waals surface area (Å²) < 4.78 is 0. The summed E-state index contributed by atoms with van der Waals surface area (Å²) in [4.78, 5) is 57.9. The van der Waals surface area contributed by atoms with E-state index in [-0.39, 0.29) is 24.5 Å². The van der Waals surface area contributed by atoms with Gasteiger partial charge in [0.25, 0.3) is 0 Å². The van der Waals surface area contributed by atoms with Crippen molar-refractivity contribution < 1.29 is 24.3 Å². The molecule has 1 aliphatic heterocycles. The lowest BCUT2D eigenvalue weighted by molar-refractivity contribution is -0.143. The molecule has 32 heavy (non-hydrogen) atoms. The van der Waals surface area contributed by atoms with Gasteiger partial charge in [-0.15, -0.1) is 0 Å². The Kier molecular flexibility index (Phi) is 10.3. The van der Waals surface area contributed by atoms with Gasteiger partial charge in [0, 0.05) is 30.6 Å². The minimum absolute atomic E-state index is 0.0214. The summed E-state index contributed by atoms with van der Waals surface area (Å²) in [5.41, 5.74) is 6.76. The van der Waals surface area contributed by atoms with Crippen LogP contribution in [0.5, 0.6) is 0 Å². The van der Waals surface area contributed by atoms with E-state index in [1.807, 2.05) is 6.26 Å². The molecule has 1 aromatic heterocycles. The average molecular weight is 487 g/mol. The largest absolute Gasteiger partial charge is 0.480 e. The first kappa shape index (κ1) is 26.0. The predicted octanol–water partition coefficient (Wildman–Crippen LogP) is -0.992. The molecule has 13 heteroatoms. The van der Waals surface area contributed by atoms with Gasteiger partial charge in [0.05, 0.1) is 12.4 Å². The number of thioether (sulfide) groups is 1. The standard InChI is InChI=1S/C19H30N6O5S2/c1-32-6-4-13(19(29)30)23-16(26)14(9-31)24-17(27)15-3-2-5-25(15)18(28)12(20)7-11-8-21-10-22-11/h8,10,12-15,31H,2-7,9,20H2,1H3,(H,21,22)(H,23,26)(H,24,27)(H,29,30). The number of carboxylic acid groups (broad SMARTS) is 1. The second kappa shape index (κ2) is 12.7. The number of carboxylic acids is 1. The fourth-order valence-electron chi connectivity index (χ4n) is 3.46. The Morgan fingerprint density at radius 3 is 2.72 bits per heavy atom. The summed E-state index contributed by atoms with van der Waals surface area (Å²) >= 11 is 5.59. The Morgan fingerprint density at radius 1 is 1.38 bits per heavy atom. The lowest BCUT2D eigenvalue weighted by Gasteiger charge is -2.28. The van der Waals surface area contributed by atoms with E-state index in [1.54, 1.807) is 6.20 Å². The number of hydrogen-bond donors (Lipinski definition) is 6. The lowest BCUT2D eigenvalue weighted by Crippen LogP contribution is -2.57. The van der Waals surface area contributed by atoms with E-state index in [1.165, 1.54) is 23.0 Å². The van der Waals surface area contributed by atoms with Crippen LogP contribution < -0.4 is 16.4 Å². The smallest absolute Gasteiger partial charge is 0.326 e. The van der Waals surface area contributed by atoms with Crippen LogP contribution in [0.25, 0.3) is 0 Å². The maximum atomic E-state index is 12.9. The number of aromatic nitrogens is 2. The van der Waals surface area contributed by atoms with Crippen LogP contribution in [0.2, 0.25) is 0 Å². The third-order valence-electron chi connectivity index (χ3n) is 5.19. The van der Waals surface area contributed by atoms with E-state index in [2.05, 4.69) is 33.2 Å². The number of hydrogen-bond acceptors (Lipinski definition) is 8. The van der Waals surface area contributed by atoms with Crippen molar-refractivity contribution in [3.05, 3.63) is 18.2 Å². The zero-order valence-corrected chi connectivity index (χ0v) is 19.5. The molecule has 2 heterocycles. The highest BCUT2D eigenvalue weighted by atomic mass is 32.2. The molecule has 4 atom stereocenters. The van der Waals surface area contributed by atoms with Gasteiger partial charge < -0.3 is 31.4 Å². The van der Waals surface area contributed by atoms with Crippen molar-refractivity contribution in [1.82, 2.24) is 25.5 Å². The van der Waals surface area contributed by atoms with Crippen LogP contribution in [0.1, 0.15) is 25.0 Å². The van der Waals surface area contributed by atoms with E-state index < -0.39 is 42.0 Å². The molecule has 0 radical (unpaired) electrons. The van der Waals surface area contributed by atoms with Crippen molar-refractivity contribution in [2.45, 2.75) is 49.9 Å². The summed E-state index contributed by atoms with van der Waals surface area (Å²) in [6, 6.07) is -3.67. The number of H-pyrrole nitrogens is 1. The zero-order valence-electron chi connectivity index (χ0n) is 17.8. The summed E-state index contributed by atoms with van der Waals surface area (Å²) in [6.45, 7) is 0.390. The fourth-order valence-corrected chi connectivity index (χ4v) is 4.19. The zero-order chi connectivity index (χ0) is 23.7. The summed E-state index contributed by atoms with van der Waals surface area (Å²) in [6.07, 6.45) is 6.52. The quantitative estimate of drug-likeness (QED) is 0.204. The molecule has 0 aromatic carbocycles. The summed E-state index contributed by atoms with van der Waals surface area (Å²) in [7, 11) is 0. The number of likely N-dealkylation sites (tertiary alicyclic amines) is 1. The third-order valence-corrected chi connectivity index (χ3v) is 6.20. The van der Waals surface area contributed by atoms with Crippen LogP contribution in [0, 0.1) is 0 Å². The molecule has 4 unspecified atom stereocenters. The van der Waals surface area contributed by atoms with Gasteiger partial charge in [0.2, 0.25) is 17.7 Å². The molecule has 3 amide bonds. The van der Waals surface area contributed by atoms with Crippen LogP contribution >= 0.6 is 24.4 Å². The third kappa shape index (κ3) is 7.14. The maximum absolute atomic E-state index is 12.9. The van der Waals surface area contributed by atoms with Crippen molar-refractivity contribution in [3.8, 4) is 0 Å². The predicted molar refractivity (Wildman–Crippen MR) is 123 cm³/mol. The molecule has 1 fully saturated rings. The number of nitrogens with two attached hydrogens (primary N) is 1. The number of aliphatic carboxylic acids is 1. The Labute approximate surface area is 196 Å². The van der Waals surface area contributed by atoms with E-state index in [4.69, 9.17) is 5.73 Å². The number of carbonyl (C=O) groups excluding carboxylic acids is 3. The molecule has 178 valence electrons. The second-order valence-electron chi connectivity index (χ2n) is 7.50. The van der Waals surface area contributed by atoms with Crippen LogP contribution in [0.4, 0.5) is 0 Å². The monoisotopic (exact) mass is 486 g/mol. The fraction of sp³-hybridized carbons (Fsp3) is 0.632. The van der Waals surface area contributed by atoms with Crippen LogP contribution in [-0.4, -0.2) is 92.1 Å². The van der Waals surface area contributed by atoms with Gasteiger partial charge in [0.15, 0.2) is 0 Å². The minimum atomic E-state index is -1.14. The molecule has 0 spiro atoms. The number of rotatable bonds is 12. The van der Waals surface area contributed by atoms with Crippen molar-refractivity contribution in [3.63, 3.8) is 0 Å². The maximum Gasteiger partial charge on any atom is 0.326 e. The van der Waals surface area contributed by atoms with Crippen LogP contribution in [0.15, 0.2) is 12.5 Å². The number of carbonyl (C=O) groups is 4. The van der Waals surface area contributed by atoms with E-state index >= 15 is 0 Å². The van der Waals surface area contributed by atoms with Crippen LogP contribution in [-0.2, 0) is 25.6 Å². The first-order chi connectivity index (χ1) is 15.3. The summed E-state index contributed by atoms with van der Waals surface area (Å²) in [5.74, 6) is -2.08. The highest BCUT2D eigenvalue weighted by Gasteiger charge is 2.37. The molecule has 6 N–H and O–H groups in total. The number of aromatic amines is 1. The van der Waals surface area contributed by atoms with E-state index in [0.717, 1.165) is 0 Å². The number of nitrogens with one attached hydrogen (secondary N) is 3. The average Bonchev–Trinajstić information content (AvgIpc) is 3.45. The van der Waals surface area contributed by atoms with Gasteiger partial charge in [-0.05, 0) is 31.3 Å². The first-order valence-electron chi connectivity index (χ1n) is 10.2. The van der Waals surface area contributed by atoms with Gasteiger partial charge in [-0.2, -0.15) is 24.4 Å². The van der Waals surface area contributed by atoms with Crippen molar-refractivity contribution in [2.75, 3.05) is 24.3 Å². The molecule has 0 bridgehead atoms. The topological polar surface area (TPSA) is 171 Å². The first-order valence-corrected chi connectivity index (χ1v) is 12.3. The van der Waals surface area contributed by atoms with Gasteiger partial charge in [-0.1, -0.05) is 0 Å². The molecule has 1 aromatic rings. The number of thiol groups is 1. The molecular weight excluding hydrogens is 456 g/mol. The minimum Gasteiger partial charge on any atom is -0.480 e. The molecule has 11 nitrogen and oxygen atoms in total. The molecule has 2 rings (SSSR count). The second-order valence-corrected chi connectivity index (χ2v) is 8.85. The molecule has 0 aliphatic carbocycles. The van der Waals surface area contributed by atoms with E-state index in [9.17, 15) is 24.3 Å². The van der Waals surface area contributed by atoms with Gasteiger partial charge >= 0.3 is 5.97 Å². The molecule has 1 saturated heterocycles. The van der Waals surface area contributed by atoms with Crippen molar-refractivity contribution in [1.29, 1.82) is 0 Å². The summed E-state index contributed by atoms with van der Waals surface area (Å²) in [5, 5.41) is 14.4. The number of imidazole rings is 1. The normalized spacial score (nSPS) is 18.6. The Morgan fingerprint density at radius 2 is 2.12 bits per heavy atom. The number of nitrogens with zero attached hydrogens (tertiary/aromatic N) is 2. The molecule has 1 aliphatic rings. The van der Waals surface area contributed by atoms with Gasteiger partial charge in [-0.25, -0.2) is 9.78 Å². The van der Waals surface area contributed by atoms with Crippen LogP contribution in [0.3, 0.4) is 0 Å². The Balaban J connectivity index is 1.97. The Hall–Kier alpha value is -2.25. The van der Waals surface area contributed by atoms with Gasteiger partial charge in [0.1, 0.15) is 18.1 Å². The van der Waals surface area contributed by atoms with Crippen molar-refractivity contribution >= 4 is 48.1 Å². The SMILES string of the molecule is CSCCC(NC(=O)C(CS)NC(=O)C1CCCN1C(=O)C(N)Cc1cnc[nH]1)C(=O)O. The highest BCUT2D eigenvalue weighted by molar-refractivity contribution is 7.98. The highest BCUT2D eigenvalue weighted by Crippen LogP contribution is 2.19. The number of amides is 3. The Bertz CT molecular complexity index is 793. The van der Waals surface area contributed by atoms with Gasteiger partial charge in [-0.3, -0.25) is 14.4 Å². The molecule has 0 saturated carbocycles. The lowest BCUT2D eigenvalue weighted by atomic mass is 10.1. The molecular formula is C19H30N6O5S2. The van der Waals surface area contributed by atoms with Crippen molar-refractivity contribution in [2.24, 2.45) is 5.73 Å².